The van der Waals surface area contributed by atoms with Gasteiger partial charge in [-0.2, -0.15) is 0 Å². The molecule has 0 bridgehead atoms. The zero-order chi connectivity index (χ0) is 55.7. The molecule has 6 nitrogen and oxygen atoms in total. The van der Waals surface area contributed by atoms with Crippen LogP contribution in [0.1, 0.15) is 380 Å². The van der Waals surface area contributed by atoms with Crippen LogP contribution >= 0.6 is 0 Å². The summed E-state index contributed by atoms with van der Waals surface area (Å²) in [6.45, 7) is 6.60. The Morgan fingerprint density at radius 2 is 0.468 bits per heavy atom. The van der Waals surface area contributed by atoms with Crippen molar-refractivity contribution in [2.45, 2.75) is 386 Å². The Bertz CT molecular complexity index is 1290. The van der Waals surface area contributed by atoms with Gasteiger partial charge in [0.05, 0.1) is 0 Å². The van der Waals surface area contributed by atoms with Crippen LogP contribution in [0.5, 0.6) is 0 Å². The first-order valence-electron chi connectivity index (χ1n) is 34.5. The Labute approximate surface area is 480 Å². The SMILES string of the molecule is CCCCCCC/C=C\C/C=C\CCCCCCCCCCCCCC(=O)OC(COC(=O)CCCCCCC)COC(=O)CCCCCCCCCCCCCCCCCCCCC/C=C\CCCCCCCCCC. The van der Waals surface area contributed by atoms with E-state index < -0.39 is 6.10 Å². The number of allylic oxidation sites excluding steroid dienone is 6. The Morgan fingerprint density at radius 1 is 0.260 bits per heavy atom. The topological polar surface area (TPSA) is 78.9 Å². The summed E-state index contributed by atoms with van der Waals surface area (Å²) in [6, 6.07) is 0. The van der Waals surface area contributed by atoms with E-state index in [1.54, 1.807) is 0 Å². The number of esters is 3. The van der Waals surface area contributed by atoms with Crippen molar-refractivity contribution < 1.29 is 28.6 Å². The molecule has 77 heavy (non-hydrogen) atoms. The van der Waals surface area contributed by atoms with Gasteiger partial charge in [-0.25, -0.2) is 0 Å². The van der Waals surface area contributed by atoms with Crippen molar-refractivity contribution in [2.24, 2.45) is 0 Å². The van der Waals surface area contributed by atoms with Gasteiger partial charge in [0.2, 0.25) is 0 Å². The fourth-order valence-electron chi connectivity index (χ4n) is 10.4. The number of ether oxygens (including phenoxy) is 3. The van der Waals surface area contributed by atoms with Gasteiger partial charge in [-0.15, -0.1) is 0 Å². The molecule has 6 heteroatoms. The molecule has 0 radical (unpaired) electrons. The van der Waals surface area contributed by atoms with Crippen LogP contribution in [0.4, 0.5) is 0 Å². The molecule has 0 amide bonds. The summed E-state index contributed by atoms with van der Waals surface area (Å²) in [5.74, 6) is -0.862. The normalized spacial score (nSPS) is 12.2. The minimum atomic E-state index is -0.768. The maximum absolute atomic E-state index is 12.8. The summed E-state index contributed by atoms with van der Waals surface area (Å²) >= 11 is 0. The van der Waals surface area contributed by atoms with Gasteiger partial charge in [0.1, 0.15) is 13.2 Å². The maximum Gasteiger partial charge on any atom is 0.306 e. The number of carbonyl (C=O) groups excluding carboxylic acids is 3. The molecule has 0 N–H and O–H groups in total. The second-order valence-corrected chi connectivity index (χ2v) is 23.4. The number of hydrogen-bond acceptors (Lipinski definition) is 6. The Hall–Kier alpha value is -2.37. The van der Waals surface area contributed by atoms with Crippen molar-refractivity contribution in [3.05, 3.63) is 36.5 Å². The molecule has 0 fully saturated rings. The van der Waals surface area contributed by atoms with Crippen LogP contribution in [-0.2, 0) is 28.6 Å². The van der Waals surface area contributed by atoms with Gasteiger partial charge in [-0.3, -0.25) is 14.4 Å². The van der Waals surface area contributed by atoms with Gasteiger partial charge < -0.3 is 14.2 Å². The molecule has 0 aliphatic heterocycles. The van der Waals surface area contributed by atoms with Crippen LogP contribution in [0.25, 0.3) is 0 Å². The summed E-state index contributed by atoms with van der Waals surface area (Å²) in [5.41, 5.74) is 0. The van der Waals surface area contributed by atoms with Crippen molar-refractivity contribution >= 4 is 17.9 Å². The lowest BCUT2D eigenvalue weighted by Crippen LogP contribution is -2.30. The molecule has 452 valence electrons. The van der Waals surface area contributed by atoms with E-state index in [0.29, 0.717) is 19.3 Å². The lowest BCUT2D eigenvalue weighted by atomic mass is 10.0. The van der Waals surface area contributed by atoms with E-state index in [4.69, 9.17) is 14.2 Å². The first-order chi connectivity index (χ1) is 38.0. The zero-order valence-electron chi connectivity index (χ0n) is 52.0. The minimum absolute atomic E-state index is 0.0688. The lowest BCUT2D eigenvalue weighted by molar-refractivity contribution is -0.167. The molecular weight excluding hydrogens is 949 g/mol. The monoisotopic (exact) mass is 1080 g/mol. The van der Waals surface area contributed by atoms with E-state index in [9.17, 15) is 14.4 Å². The third kappa shape index (κ3) is 64.3. The van der Waals surface area contributed by atoms with E-state index in [-0.39, 0.29) is 31.1 Å². The molecule has 0 rings (SSSR count). The predicted molar refractivity (Wildman–Crippen MR) is 335 cm³/mol. The second-order valence-electron chi connectivity index (χ2n) is 23.4. The molecule has 0 aromatic heterocycles. The molecule has 0 saturated heterocycles. The highest BCUT2D eigenvalue weighted by Crippen LogP contribution is 2.18. The highest BCUT2D eigenvalue weighted by atomic mass is 16.6. The smallest absolute Gasteiger partial charge is 0.306 e. The largest absolute Gasteiger partial charge is 0.462 e. The van der Waals surface area contributed by atoms with Gasteiger partial charge in [0.25, 0.3) is 0 Å². The molecule has 0 spiro atoms. The zero-order valence-corrected chi connectivity index (χ0v) is 52.0. The molecule has 0 aromatic rings. The Morgan fingerprint density at radius 3 is 0.727 bits per heavy atom. The van der Waals surface area contributed by atoms with Gasteiger partial charge in [-0.05, 0) is 77.0 Å². The summed E-state index contributed by atoms with van der Waals surface area (Å²) in [4.78, 5) is 38.0. The van der Waals surface area contributed by atoms with E-state index >= 15 is 0 Å². The van der Waals surface area contributed by atoms with Gasteiger partial charge >= 0.3 is 17.9 Å². The average molecular weight is 1080 g/mol. The number of carbonyl (C=O) groups is 3. The molecule has 1 unspecified atom stereocenters. The van der Waals surface area contributed by atoms with Gasteiger partial charge in [0, 0.05) is 19.3 Å². The Balaban J connectivity index is 3.93. The molecule has 0 aliphatic carbocycles. The van der Waals surface area contributed by atoms with Gasteiger partial charge in [0.15, 0.2) is 6.10 Å². The van der Waals surface area contributed by atoms with Crippen LogP contribution in [0, 0.1) is 0 Å². The number of unbranched alkanes of at least 4 members (excludes halogenated alkanes) is 47. The molecule has 0 aromatic carbocycles. The van der Waals surface area contributed by atoms with E-state index in [1.165, 1.54) is 270 Å². The average Bonchev–Trinajstić information content (AvgIpc) is 3.43. The fourth-order valence-corrected chi connectivity index (χ4v) is 10.4. The number of hydrogen-bond donors (Lipinski definition) is 0. The standard InChI is InChI=1S/C71H132O6/c1-4-7-10-13-15-17-19-21-23-25-27-29-31-32-33-34-35-36-37-38-40-41-43-45-47-49-51-53-55-58-61-64-70(73)76-67-68(66-75-69(72)63-60-57-12-9-6-3)77-71(74)65-62-59-56-54-52-50-48-46-44-42-39-30-28-26-24-22-20-18-16-14-11-8-5-2/h20,22,25-28,68H,4-19,21,23-24,29-67H2,1-3H3/b22-20-,27-25-,28-26-. The molecule has 1 atom stereocenters. The summed E-state index contributed by atoms with van der Waals surface area (Å²) in [7, 11) is 0. The van der Waals surface area contributed by atoms with Gasteiger partial charge in [-0.1, -0.05) is 320 Å². The third-order valence-electron chi connectivity index (χ3n) is 15.6. The molecular formula is C71H132O6. The molecule has 0 heterocycles. The van der Waals surface area contributed by atoms with Crippen LogP contribution < -0.4 is 0 Å². The lowest BCUT2D eigenvalue weighted by Gasteiger charge is -2.18. The maximum atomic E-state index is 12.8. The predicted octanol–water partition coefficient (Wildman–Crippen LogP) is 23.6. The van der Waals surface area contributed by atoms with E-state index in [0.717, 1.165) is 70.6 Å². The van der Waals surface area contributed by atoms with Crippen LogP contribution in [-0.4, -0.2) is 37.2 Å². The summed E-state index contributed by atoms with van der Waals surface area (Å²) < 4.78 is 16.8. The van der Waals surface area contributed by atoms with E-state index in [2.05, 4.69) is 57.2 Å². The second kappa shape index (κ2) is 66.1. The summed E-state index contributed by atoms with van der Waals surface area (Å²) in [5, 5.41) is 0. The van der Waals surface area contributed by atoms with Crippen LogP contribution in [0.2, 0.25) is 0 Å². The van der Waals surface area contributed by atoms with Crippen molar-refractivity contribution in [3.63, 3.8) is 0 Å². The van der Waals surface area contributed by atoms with Crippen molar-refractivity contribution in [3.8, 4) is 0 Å². The van der Waals surface area contributed by atoms with E-state index in [1.807, 2.05) is 0 Å². The number of rotatable bonds is 64. The fraction of sp³-hybridized carbons (Fsp3) is 0.873. The molecule has 0 saturated carbocycles. The highest BCUT2D eigenvalue weighted by Gasteiger charge is 2.19. The van der Waals surface area contributed by atoms with Crippen molar-refractivity contribution in [1.82, 2.24) is 0 Å². The van der Waals surface area contributed by atoms with Crippen molar-refractivity contribution in [2.75, 3.05) is 13.2 Å². The Kier molecular flexibility index (Phi) is 64.1. The first kappa shape index (κ1) is 74.6. The van der Waals surface area contributed by atoms with Crippen LogP contribution in [0.3, 0.4) is 0 Å². The third-order valence-corrected chi connectivity index (χ3v) is 15.6. The summed E-state index contributed by atoms with van der Waals surface area (Å²) in [6.07, 6.45) is 82.3. The van der Waals surface area contributed by atoms with Crippen molar-refractivity contribution in [1.29, 1.82) is 0 Å². The highest BCUT2D eigenvalue weighted by molar-refractivity contribution is 5.71. The minimum Gasteiger partial charge on any atom is -0.462 e. The van der Waals surface area contributed by atoms with Crippen LogP contribution in [0.15, 0.2) is 36.5 Å². The molecule has 0 aliphatic rings. The first-order valence-corrected chi connectivity index (χ1v) is 34.5. The quantitative estimate of drug-likeness (QED) is 0.0261.